The maximum Gasteiger partial charge on any atom is 0.351 e. The van der Waals surface area contributed by atoms with Gasteiger partial charge in [-0.3, -0.25) is 57.5 Å². The van der Waals surface area contributed by atoms with Crippen LogP contribution in [0.3, 0.4) is 0 Å². The number of aromatic amines is 2. The number of nitrogens with one attached hydrogen (secondary N) is 5. The van der Waals surface area contributed by atoms with Crippen LogP contribution in [0.1, 0.15) is 240 Å². The number of carbonyl (C=O) groups is 3. The van der Waals surface area contributed by atoms with Crippen molar-refractivity contribution in [2.75, 3.05) is 97.0 Å². The number of benzene rings is 2. The van der Waals surface area contributed by atoms with Crippen molar-refractivity contribution in [2.45, 2.75) is 314 Å². The van der Waals surface area contributed by atoms with Crippen molar-refractivity contribution in [3.8, 4) is 0 Å². The van der Waals surface area contributed by atoms with E-state index in [0.717, 1.165) is 0 Å². The van der Waals surface area contributed by atoms with Crippen molar-refractivity contribution in [3.05, 3.63) is 202 Å². The van der Waals surface area contributed by atoms with Gasteiger partial charge >= 0.3 is 11.4 Å². The van der Waals surface area contributed by atoms with Crippen molar-refractivity contribution >= 4 is 91.7 Å². The minimum atomic E-state index is -1.52. The molecule has 0 saturated carbocycles. The highest BCUT2D eigenvalue weighted by atomic mass is 31.2. The van der Waals surface area contributed by atoms with Gasteiger partial charge in [0, 0.05) is 149 Å². The highest BCUT2D eigenvalue weighted by Crippen LogP contribution is 2.54. The molecule has 46 nitrogen and oxygen atoms in total. The Kier molecular flexibility index (Phi) is 51.0. The number of carbonyl (C=O) groups excluding carboxylic acids is 3. The summed E-state index contributed by atoms with van der Waals surface area (Å²) in [5, 5.41) is 22.1. The van der Waals surface area contributed by atoms with Gasteiger partial charge in [-0.25, -0.2) is 74.5 Å². The van der Waals surface area contributed by atoms with E-state index in [1.165, 1.54) is 56.4 Å². The van der Waals surface area contributed by atoms with Gasteiger partial charge in [-0.15, -0.1) is 0 Å². The maximum absolute atomic E-state index is 13.0. The second-order valence-corrected chi connectivity index (χ2v) is 41.3. The van der Waals surface area contributed by atoms with E-state index in [0.29, 0.717) is 64.9 Å². The lowest BCUT2D eigenvalue weighted by Crippen LogP contribution is -2.35. The lowest BCUT2D eigenvalue weighted by Gasteiger charge is -2.37. The number of H-pyrrole nitrogens is 2. The summed E-state index contributed by atoms with van der Waals surface area (Å²) in [6.45, 7) is 69.9. The number of amides is 3. The minimum absolute atomic E-state index is 0.00967. The molecule has 2 aromatic carbocycles. The molecule has 4 fully saturated rings. The molecule has 148 heavy (non-hydrogen) atoms. The van der Waals surface area contributed by atoms with Gasteiger partial charge in [0.25, 0.3) is 57.0 Å². The van der Waals surface area contributed by atoms with Crippen molar-refractivity contribution < 1.29 is 95.4 Å². The fraction of sp³-hybridized carbons (Fsp3) is 0.622. The number of fused-ring (bicyclic) bond motifs is 2. The number of nitrogens with zero attached hydrogens (tertiary/aromatic N) is 18. The Bertz CT molecular complexity index is 5940. The molecule has 0 spiro atoms. The second kappa shape index (κ2) is 65.4. The number of aliphatic hydroxyl groups excluding tert-OH is 4. The van der Waals surface area contributed by atoms with Crippen LogP contribution in [0, 0.1) is 46.1 Å². The number of aliphatic hydroxyl groups is 4. The average molecular weight is 2160 g/mol. The summed E-state index contributed by atoms with van der Waals surface area (Å²) in [5.41, 5.74) is 1.25. The Morgan fingerprint density at radius 3 is 1.13 bits per heavy atom. The summed E-state index contributed by atoms with van der Waals surface area (Å²) in [6.07, 6.45) is 2.74. The predicted molar refractivity (Wildman–Crippen MR) is 570 cm³/mol. The number of hydrogen-bond acceptors (Lipinski definition) is 33. The number of hydrogen-bond donors (Lipinski definition) is 9. The molecule has 10 heterocycles. The molecule has 0 bridgehead atoms. The molecule has 3 amide bonds. The van der Waals surface area contributed by atoms with E-state index in [4.69, 9.17) is 92.6 Å². The quantitative estimate of drug-likeness (QED) is 0.00974. The molecule has 16 atom stereocenters. The van der Waals surface area contributed by atoms with Gasteiger partial charge in [-0.2, -0.15) is 9.97 Å². The van der Waals surface area contributed by atoms with E-state index < -0.39 is 130 Å². The summed E-state index contributed by atoms with van der Waals surface area (Å²) in [7, 11) is -0.828. The Labute approximate surface area is 884 Å². The molecule has 50 heteroatoms. The van der Waals surface area contributed by atoms with Gasteiger partial charge in [-0.1, -0.05) is 50.2 Å². The molecule has 0 aliphatic carbocycles. The van der Waals surface area contributed by atoms with E-state index in [2.05, 4.69) is 225 Å². The standard InChI is InChI=1S/C26H34N7O4P.C26H36N5O5P.C23H36N7O5P.C19H31N4O5P.4CH4O/c1-17(2)33(18(3)4)38(35-13-12-27-6)37-21-14-22(36-19(21)5)32-16-30-23-24(28-15-29-25(23)32)31-26(34)20-10-8-7-9-11-20;1-17(2)31(18(3)4)37(34-14-13-27-7)36-22-15-23(35-20(22)6)30-16-19(5)24(29-26(30)33)28-25(32)21-11-9-8-10-12-21;1-13(2)21(31)27-23-26-20-19(22(32)28-23)25-12-29(20)18-11-17(16(7)34-18)35-36(33-10-9-24-8)30(14(3)4)15(5)6;1-12(2)23(13(3)4)29(26-9-8-20-7)28-16-10-17(27-15(16)6)22-11-14(5)18(24)21-19(22)25;4*1-2/h7-11,15-19,21-22H,12-14H2,1-5H3,(H,28,29,31,34);8-12,16-18,20,22-23H,13-15H2,1-6H3,(H,28,29,32,33);12-18H,9-11H2,1-7H3,(H2,26,27,28,31,32);11-13,15-17H,8-10H2,1-6H3,(H,21,24,25);4*2H,1H3/t19-,21+,22-,38?;20-,22+,23-,37?;16-,17+,18-,36?;15-,16+,17-,29?;;;;/m1111..../s1/i5D;6D;7D;6D;4*2T. The SMILES string of the molecule is [2H]C[C@H]1O[C@@H](n2cc(C)c(=O)[nH]c2=O)C[C@@H]1OP(OCC[N+]#[C-])N(C(C)C)C(C)C.[2H]C[C@H]1O[C@@H](n2cc(C)c(NC(=O)c3ccccc3)nc2=O)C[C@@H]1OP(OCC[N+]#[C-])N(C(C)C)C(C)C.[2H]C[C@H]1O[C@@H](n2cnc3c(=O)[nH]c(NC(=O)C(C)C)nc32)C[C@@H]1OP(OCC[N+]#[C-])N(C(C)C)C(C)C.[2H]C[C@H]1O[C@@H](n2cnc3c(NC(=O)c4ccccc4)ncnc32)C[C@@H]1OP(OCC[N+]#[C-])N(C(C)C)C(C)C.[3H]OC.[3H]OC.[3H]OC.[3H]OC. The van der Waals surface area contributed by atoms with Crippen LogP contribution in [-0.2, 0) is 59.9 Å². The summed E-state index contributed by atoms with van der Waals surface area (Å²) in [5.74, 6) is -0.702. The second-order valence-electron chi connectivity index (χ2n) is 35.6. The molecular formula is C98H153N23O23P4. The molecular weight excluding hydrogens is 1990 g/mol. The molecule has 4 unspecified atom stereocenters. The summed E-state index contributed by atoms with van der Waals surface area (Å²) in [4.78, 5) is 131. The van der Waals surface area contributed by atoms with Crippen LogP contribution in [0.4, 0.5) is 17.6 Å². The highest BCUT2D eigenvalue weighted by Gasteiger charge is 2.45. The molecule has 818 valence electrons. The fourth-order valence-electron chi connectivity index (χ4n) is 15.4. The summed E-state index contributed by atoms with van der Waals surface area (Å²) >= 11 is 0. The predicted octanol–water partition coefficient (Wildman–Crippen LogP) is 14.8. The Morgan fingerprint density at radius 1 is 0.453 bits per heavy atom. The third-order valence-corrected chi connectivity index (χ3v) is 30.5. The van der Waals surface area contributed by atoms with Gasteiger partial charge in [0.15, 0.2) is 28.1 Å². The number of ether oxygens (including phenoxy) is 4. The van der Waals surface area contributed by atoms with Crippen LogP contribution in [0.5, 0.6) is 0 Å². The van der Waals surface area contributed by atoms with Gasteiger partial charge in [0.2, 0.25) is 43.8 Å². The van der Waals surface area contributed by atoms with Crippen LogP contribution in [0.15, 0.2) is 111 Å². The first-order valence-corrected chi connectivity index (χ1v) is 52.6. The van der Waals surface area contributed by atoms with Crippen molar-refractivity contribution in [3.63, 3.8) is 0 Å². The molecule has 12 rings (SSSR count). The monoisotopic (exact) mass is 2160 g/mol. The van der Waals surface area contributed by atoms with Crippen molar-refractivity contribution in [1.82, 2.24) is 76.8 Å². The van der Waals surface area contributed by atoms with E-state index in [9.17, 15) is 33.6 Å². The van der Waals surface area contributed by atoms with E-state index in [1.54, 1.807) is 97.9 Å². The van der Waals surface area contributed by atoms with Gasteiger partial charge in [0.1, 0.15) is 63.5 Å². The smallest absolute Gasteiger partial charge is 0.351 e. The van der Waals surface area contributed by atoms with Gasteiger partial charge in [-0.05, 0) is 176 Å². The minimum Gasteiger partial charge on any atom is -0.400 e. The van der Waals surface area contributed by atoms with Crippen LogP contribution in [0.2, 0.25) is 0 Å². The topological polar surface area (TPSA) is 506 Å². The zero-order valence-electron chi connectivity index (χ0n) is 96.8. The molecule has 8 aromatic rings. The van der Waals surface area contributed by atoms with Crippen LogP contribution in [-0.4, -0.2) is 299 Å². The van der Waals surface area contributed by atoms with Crippen LogP contribution >= 0.6 is 34.1 Å². The highest BCUT2D eigenvalue weighted by molar-refractivity contribution is 7.45. The molecule has 4 aliphatic rings. The third kappa shape index (κ3) is 37.3. The average Bonchev–Trinajstić information content (AvgIpc) is 1.63. The zero-order valence-corrected chi connectivity index (χ0v) is 92.4. The van der Waals surface area contributed by atoms with E-state index in [1.807, 2.05) is 12.1 Å². The number of aromatic nitrogens is 12. The van der Waals surface area contributed by atoms with Crippen molar-refractivity contribution in [2.24, 2.45) is 5.92 Å². The Balaban J connectivity index is 0.000000353. The maximum atomic E-state index is 13.0. The third-order valence-electron chi connectivity index (χ3n) is 21.8. The summed E-state index contributed by atoms with van der Waals surface area (Å²) < 4.78 is 144. The van der Waals surface area contributed by atoms with Crippen molar-refractivity contribution in [1.29, 1.82) is 5.72 Å². The molecule has 9 N–H and O–H groups in total. The van der Waals surface area contributed by atoms with E-state index in [-0.39, 0.29) is 175 Å². The zero-order chi connectivity index (χ0) is 116. The first-order valence-electron chi connectivity index (χ1n) is 52.6. The molecule has 0 radical (unpaired) electrons. The van der Waals surface area contributed by atoms with Gasteiger partial charge in [0.05, 0.1) is 61.5 Å². The van der Waals surface area contributed by atoms with Gasteiger partial charge < -0.3 is 106 Å². The molecule has 4 aliphatic heterocycles. The number of rotatable bonds is 42. The number of anilines is 3. The first kappa shape index (κ1) is 115. The number of aryl methyl sites for hydroxylation is 2. The first-order chi connectivity index (χ1) is 74.4. The normalized spacial score (nSPS) is 20.8. The molecule has 6 aromatic heterocycles. The lowest BCUT2D eigenvalue weighted by molar-refractivity contribution is -0.119. The summed E-state index contributed by atoms with van der Waals surface area (Å²) in [6, 6.07) is 18.7. The van der Waals surface area contributed by atoms with E-state index >= 15 is 0 Å². The van der Waals surface area contributed by atoms with Crippen LogP contribution in [0.25, 0.3) is 41.7 Å². The lowest BCUT2D eigenvalue weighted by atomic mass is 10.2. The Morgan fingerprint density at radius 2 is 0.784 bits per heavy atom. The fourth-order valence-corrected chi connectivity index (χ4v) is 22.4. The largest absolute Gasteiger partial charge is 0.400 e. The van der Waals surface area contributed by atoms with Crippen LogP contribution < -0.4 is 38.4 Å². The Hall–Kier alpha value is -9.81. The molecule has 4 saturated heterocycles. The number of imidazole rings is 2.